The smallest absolute Gasteiger partial charge is 0.0655 e. The molecule has 0 aromatic heterocycles. The van der Waals surface area contributed by atoms with Crippen molar-refractivity contribution in [3.8, 4) is 6.07 Å². The molecule has 0 spiro atoms. The minimum atomic E-state index is 0.273. The van der Waals surface area contributed by atoms with E-state index < -0.39 is 0 Å². The first kappa shape index (κ1) is 7.56. The Labute approximate surface area is 62.0 Å². The molecule has 2 N–H and O–H groups in total. The standard InChI is InChI=1S/C8H14N2/c1-6-4-7(5-9)2-3-8(6)10/h6-8H,2-4,10H2,1H3. The van der Waals surface area contributed by atoms with Gasteiger partial charge in [-0.1, -0.05) is 6.92 Å². The molecule has 1 fully saturated rings. The summed E-state index contributed by atoms with van der Waals surface area (Å²) in [7, 11) is 0. The highest BCUT2D eigenvalue weighted by molar-refractivity contribution is 4.90. The lowest BCUT2D eigenvalue weighted by molar-refractivity contribution is 0.287. The molecule has 0 radical (unpaired) electrons. The SMILES string of the molecule is CC1CC(C#N)CCC1N. The van der Waals surface area contributed by atoms with E-state index in [1.54, 1.807) is 0 Å². The quantitative estimate of drug-likeness (QED) is 0.548. The summed E-state index contributed by atoms with van der Waals surface area (Å²) < 4.78 is 0. The van der Waals surface area contributed by atoms with Gasteiger partial charge in [0.1, 0.15) is 0 Å². The monoisotopic (exact) mass is 138 g/mol. The summed E-state index contributed by atoms with van der Waals surface area (Å²) in [5, 5.41) is 8.60. The molecule has 0 aromatic carbocycles. The van der Waals surface area contributed by atoms with Crippen LogP contribution in [0.1, 0.15) is 26.2 Å². The lowest BCUT2D eigenvalue weighted by Crippen LogP contribution is -2.33. The highest BCUT2D eigenvalue weighted by Gasteiger charge is 2.24. The average molecular weight is 138 g/mol. The van der Waals surface area contributed by atoms with Crippen molar-refractivity contribution in [1.29, 1.82) is 5.26 Å². The van der Waals surface area contributed by atoms with Crippen molar-refractivity contribution in [2.45, 2.75) is 32.2 Å². The molecule has 2 nitrogen and oxygen atoms in total. The highest BCUT2D eigenvalue weighted by atomic mass is 14.7. The van der Waals surface area contributed by atoms with E-state index in [4.69, 9.17) is 11.0 Å². The van der Waals surface area contributed by atoms with Crippen molar-refractivity contribution < 1.29 is 0 Å². The number of nitriles is 1. The molecular weight excluding hydrogens is 124 g/mol. The molecule has 1 aliphatic carbocycles. The van der Waals surface area contributed by atoms with E-state index in [1.807, 2.05) is 0 Å². The first-order valence-corrected chi connectivity index (χ1v) is 3.89. The largest absolute Gasteiger partial charge is 0.327 e. The fraction of sp³-hybridized carbons (Fsp3) is 0.875. The van der Waals surface area contributed by atoms with Crippen LogP contribution in [-0.4, -0.2) is 6.04 Å². The maximum atomic E-state index is 8.60. The van der Waals surface area contributed by atoms with Gasteiger partial charge in [-0.25, -0.2) is 0 Å². The Morgan fingerprint density at radius 3 is 2.70 bits per heavy atom. The summed E-state index contributed by atoms with van der Waals surface area (Å²) in [6.07, 6.45) is 3.03. The fourth-order valence-electron chi connectivity index (χ4n) is 1.54. The zero-order valence-electron chi connectivity index (χ0n) is 6.38. The fourth-order valence-corrected chi connectivity index (χ4v) is 1.54. The molecule has 10 heavy (non-hydrogen) atoms. The molecule has 1 saturated carbocycles. The van der Waals surface area contributed by atoms with E-state index in [2.05, 4.69) is 13.0 Å². The van der Waals surface area contributed by atoms with Gasteiger partial charge in [-0.05, 0) is 25.2 Å². The van der Waals surface area contributed by atoms with Crippen LogP contribution in [0.4, 0.5) is 0 Å². The lowest BCUT2D eigenvalue weighted by Gasteiger charge is -2.27. The first-order chi connectivity index (χ1) is 4.74. The second kappa shape index (κ2) is 3.03. The Hall–Kier alpha value is -0.550. The molecule has 56 valence electrons. The van der Waals surface area contributed by atoms with Gasteiger partial charge < -0.3 is 5.73 Å². The van der Waals surface area contributed by atoms with Crippen molar-refractivity contribution in [2.24, 2.45) is 17.6 Å². The molecule has 2 heteroatoms. The molecule has 0 heterocycles. The van der Waals surface area contributed by atoms with Gasteiger partial charge >= 0.3 is 0 Å². The maximum absolute atomic E-state index is 8.60. The third-order valence-corrected chi connectivity index (χ3v) is 2.42. The van der Waals surface area contributed by atoms with Crippen molar-refractivity contribution in [1.82, 2.24) is 0 Å². The van der Waals surface area contributed by atoms with Crippen LogP contribution >= 0.6 is 0 Å². The minimum absolute atomic E-state index is 0.273. The van der Waals surface area contributed by atoms with Crippen LogP contribution in [-0.2, 0) is 0 Å². The van der Waals surface area contributed by atoms with Gasteiger partial charge in [0.25, 0.3) is 0 Å². The summed E-state index contributed by atoms with van der Waals surface area (Å²) >= 11 is 0. The molecule has 3 unspecified atom stereocenters. The number of nitrogens with zero attached hydrogens (tertiary/aromatic N) is 1. The van der Waals surface area contributed by atoms with Crippen LogP contribution < -0.4 is 5.73 Å². The van der Waals surface area contributed by atoms with Crippen molar-refractivity contribution in [3.63, 3.8) is 0 Å². The summed E-state index contributed by atoms with van der Waals surface area (Å²) in [5.74, 6) is 0.813. The van der Waals surface area contributed by atoms with E-state index in [0.717, 1.165) is 19.3 Å². The molecule has 1 rings (SSSR count). The number of hydrogen-bond acceptors (Lipinski definition) is 2. The maximum Gasteiger partial charge on any atom is 0.0655 e. The van der Waals surface area contributed by atoms with E-state index >= 15 is 0 Å². The number of rotatable bonds is 0. The van der Waals surface area contributed by atoms with Crippen LogP contribution in [0.15, 0.2) is 0 Å². The predicted octanol–water partition coefficient (Wildman–Crippen LogP) is 1.27. The molecule has 1 aliphatic rings. The van der Waals surface area contributed by atoms with E-state index in [-0.39, 0.29) is 5.92 Å². The normalized spacial score (nSPS) is 40.7. The molecule has 0 amide bonds. The Balaban J connectivity index is 2.42. The summed E-state index contributed by atoms with van der Waals surface area (Å²) in [5.41, 5.74) is 5.79. The minimum Gasteiger partial charge on any atom is -0.327 e. The first-order valence-electron chi connectivity index (χ1n) is 3.89. The predicted molar refractivity (Wildman–Crippen MR) is 40.1 cm³/mol. The van der Waals surface area contributed by atoms with Crippen LogP contribution in [0.5, 0.6) is 0 Å². The summed E-state index contributed by atoms with van der Waals surface area (Å²) in [6, 6.07) is 2.64. The Bertz CT molecular complexity index is 148. The Morgan fingerprint density at radius 1 is 1.50 bits per heavy atom. The van der Waals surface area contributed by atoms with Crippen LogP contribution in [0.3, 0.4) is 0 Å². The van der Waals surface area contributed by atoms with Gasteiger partial charge in [0.2, 0.25) is 0 Å². The van der Waals surface area contributed by atoms with Crippen molar-refractivity contribution >= 4 is 0 Å². The van der Waals surface area contributed by atoms with E-state index in [1.165, 1.54) is 0 Å². The second-order valence-corrected chi connectivity index (χ2v) is 3.28. The van der Waals surface area contributed by atoms with E-state index in [0.29, 0.717) is 12.0 Å². The third-order valence-electron chi connectivity index (χ3n) is 2.42. The topological polar surface area (TPSA) is 49.8 Å². The van der Waals surface area contributed by atoms with Crippen molar-refractivity contribution in [3.05, 3.63) is 0 Å². The Morgan fingerprint density at radius 2 is 2.20 bits per heavy atom. The Kier molecular flexibility index (Phi) is 2.29. The molecule has 3 atom stereocenters. The van der Waals surface area contributed by atoms with Gasteiger partial charge in [-0.3, -0.25) is 0 Å². The van der Waals surface area contributed by atoms with Crippen molar-refractivity contribution in [2.75, 3.05) is 0 Å². The number of hydrogen-bond donors (Lipinski definition) is 1. The molecule has 0 aliphatic heterocycles. The zero-order valence-corrected chi connectivity index (χ0v) is 6.38. The van der Waals surface area contributed by atoms with Crippen LogP contribution in [0.2, 0.25) is 0 Å². The summed E-state index contributed by atoms with van der Waals surface area (Å²) in [6.45, 7) is 2.13. The molecule has 0 aromatic rings. The van der Waals surface area contributed by atoms with E-state index in [9.17, 15) is 0 Å². The highest BCUT2D eigenvalue weighted by Crippen LogP contribution is 2.26. The third kappa shape index (κ3) is 1.48. The second-order valence-electron chi connectivity index (χ2n) is 3.28. The van der Waals surface area contributed by atoms with Gasteiger partial charge in [0.15, 0.2) is 0 Å². The van der Waals surface area contributed by atoms with Gasteiger partial charge in [0.05, 0.1) is 6.07 Å². The van der Waals surface area contributed by atoms with Gasteiger partial charge in [-0.15, -0.1) is 0 Å². The van der Waals surface area contributed by atoms with Gasteiger partial charge in [-0.2, -0.15) is 5.26 Å². The molecular formula is C8H14N2. The lowest BCUT2D eigenvalue weighted by atomic mass is 9.80. The summed E-state index contributed by atoms with van der Waals surface area (Å²) in [4.78, 5) is 0. The average Bonchev–Trinajstić information content (AvgIpc) is 1.95. The molecule has 0 saturated heterocycles. The van der Waals surface area contributed by atoms with Crippen LogP contribution in [0.25, 0.3) is 0 Å². The zero-order chi connectivity index (χ0) is 7.56. The number of nitrogens with two attached hydrogens (primary N) is 1. The van der Waals surface area contributed by atoms with Crippen LogP contribution in [0, 0.1) is 23.2 Å². The molecule has 0 bridgehead atoms. The van der Waals surface area contributed by atoms with Gasteiger partial charge in [0, 0.05) is 12.0 Å².